The van der Waals surface area contributed by atoms with E-state index in [0.717, 1.165) is 23.6 Å². The van der Waals surface area contributed by atoms with Crippen LogP contribution in [0.2, 0.25) is 5.02 Å². The fraction of sp³-hybridized carbons (Fsp3) is 0.400. The van der Waals surface area contributed by atoms with E-state index in [1.807, 2.05) is 19.2 Å². The predicted molar refractivity (Wildman–Crippen MR) is 52.9 cm³/mol. The van der Waals surface area contributed by atoms with E-state index in [0.29, 0.717) is 0 Å². The average molecular weight is 198 g/mol. The zero-order chi connectivity index (χ0) is 9.26. The zero-order valence-corrected chi connectivity index (χ0v) is 8.27. The Kier molecular flexibility index (Phi) is 2.54. The molecule has 1 aromatic carbocycles. The molecule has 0 saturated carbocycles. The van der Waals surface area contributed by atoms with Crippen molar-refractivity contribution in [3.63, 3.8) is 0 Å². The molecule has 1 aliphatic rings. The fourth-order valence-corrected chi connectivity index (χ4v) is 1.98. The van der Waals surface area contributed by atoms with Gasteiger partial charge in [0.1, 0.15) is 6.23 Å². The number of nitrogens with one attached hydrogen (secondary N) is 1. The normalized spacial score (nSPS) is 21.2. The largest absolute Gasteiger partial charge is 0.359 e. The summed E-state index contributed by atoms with van der Waals surface area (Å²) in [7, 11) is 1.88. The topological polar surface area (TPSA) is 21.3 Å². The minimum Gasteiger partial charge on any atom is -0.359 e. The Balaban J connectivity index is 2.47. The SMILES string of the molecule is CNC1OCCc2cccc(Cl)c21. The van der Waals surface area contributed by atoms with E-state index in [1.54, 1.807) is 0 Å². The van der Waals surface area contributed by atoms with Crippen LogP contribution in [0.1, 0.15) is 17.4 Å². The van der Waals surface area contributed by atoms with Crippen molar-refractivity contribution in [2.45, 2.75) is 12.6 Å². The lowest BCUT2D eigenvalue weighted by molar-refractivity contribution is 0.0241. The molecule has 70 valence electrons. The molecule has 1 unspecified atom stereocenters. The maximum atomic E-state index is 6.10. The van der Waals surface area contributed by atoms with E-state index in [2.05, 4.69) is 11.4 Å². The van der Waals surface area contributed by atoms with Crippen LogP contribution in [0.3, 0.4) is 0 Å². The first-order valence-electron chi connectivity index (χ1n) is 4.39. The van der Waals surface area contributed by atoms with Gasteiger partial charge in [0, 0.05) is 10.6 Å². The van der Waals surface area contributed by atoms with Gasteiger partial charge in [-0.15, -0.1) is 0 Å². The molecular formula is C10H12ClNO. The summed E-state index contributed by atoms with van der Waals surface area (Å²) >= 11 is 6.10. The highest BCUT2D eigenvalue weighted by atomic mass is 35.5. The predicted octanol–water partition coefficient (Wildman–Crippen LogP) is 2.13. The van der Waals surface area contributed by atoms with Gasteiger partial charge in [0.05, 0.1) is 6.61 Å². The van der Waals surface area contributed by atoms with E-state index >= 15 is 0 Å². The molecule has 0 aliphatic carbocycles. The maximum Gasteiger partial charge on any atom is 0.135 e. The lowest BCUT2D eigenvalue weighted by atomic mass is 10.0. The molecule has 1 aliphatic heterocycles. The summed E-state index contributed by atoms with van der Waals surface area (Å²) in [6.45, 7) is 0.763. The molecule has 2 rings (SSSR count). The summed E-state index contributed by atoms with van der Waals surface area (Å²) < 4.78 is 5.54. The molecule has 0 amide bonds. The van der Waals surface area contributed by atoms with Crippen LogP contribution in [0.5, 0.6) is 0 Å². The van der Waals surface area contributed by atoms with Crippen molar-refractivity contribution in [1.29, 1.82) is 0 Å². The molecule has 0 bridgehead atoms. The van der Waals surface area contributed by atoms with Crippen LogP contribution < -0.4 is 5.32 Å². The third kappa shape index (κ3) is 1.57. The number of halogens is 1. The van der Waals surface area contributed by atoms with E-state index in [-0.39, 0.29) is 6.23 Å². The van der Waals surface area contributed by atoms with Crippen LogP contribution in [0.4, 0.5) is 0 Å². The van der Waals surface area contributed by atoms with Crippen molar-refractivity contribution in [2.24, 2.45) is 0 Å². The van der Waals surface area contributed by atoms with Gasteiger partial charge in [-0.1, -0.05) is 23.7 Å². The number of rotatable bonds is 1. The van der Waals surface area contributed by atoms with Gasteiger partial charge in [0.25, 0.3) is 0 Å². The Labute approximate surface area is 82.9 Å². The fourth-order valence-electron chi connectivity index (χ4n) is 1.69. The van der Waals surface area contributed by atoms with E-state index in [1.165, 1.54) is 5.56 Å². The number of hydrogen-bond acceptors (Lipinski definition) is 2. The van der Waals surface area contributed by atoms with Crippen molar-refractivity contribution >= 4 is 11.6 Å². The van der Waals surface area contributed by atoms with Crippen LogP contribution in [0.25, 0.3) is 0 Å². The second-order valence-electron chi connectivity index (χ2n) is 3.10. The van der Waals surface area contributed by atoms with Gasteiger partial charge < -0.3 is 4.74 Å². The van der Waals surface area contributed by atoms with Crippen LogP contribution in [-0.2, 0) is 11.2 Å². The molecule has 13 heavy (non-hydrogen) atoms. The Hall–Kier alpha value is -0.570. The van der Waals surface area contributed by atoms with Crippen LogP contribution in [-0.4, -0.2) is 13.7 Å². The summed E-state index contributed by atoms with van der Waals surface area (Å²) in [5.41, 5.74) is 2.39. The first-order valence-corrected chi connectivity index (χ1v) is 4.77. The smallest absolute Gasteiger partial charge is 0.135 e. The molecule has 1 N–H and O–H groups in total. The number of fused-ring (bicyclic) bond motifs is 1. The number of hydrogen-bond donors (Lipinski definition) is 1. The Morgan fingerprint density at radius 1 is 1.54 bits per heavy atom. The summed E-state index contributed by atoms with van der Waals surface area (Å²) in [5.74, 6) is 0. The summed E-state index contributed by atoms with van der Waals surface area (Å²) in [4.78, 5) is 0. The third-order valence-corrected chi connectivity index (χ3v) is 2.65. The molecule has 1 aromatic rings. The molecule has 1 atom stereocenters. The van der Waals surface area contributed by atoms with E-state index in [4.69, 9.17) is 16.3 Å². The van der Waals surface area contributed by atoms with Crippen molar-refractivity contribution in [1.82, 2.24) is 5.32 Å². The Morgan fingerprint density at radius 3 is 3.15 bits per heavy atom. The molecule has 0 aromatic heterocycles. The molecular weight excluding hydrogens is 186 g/mol. The minimum atomic E-state index is -0.0440. The summed E-state index contributed by atoms with van der Waals surface area (Å²) in [6.07, 6.45) is 0.908. The van der Waals surface area contributed by atoms with Crippen LogP contribution in [0, 0.1) is 0 Å². The van der Waals surface area contributed by atoms with Gasteiger partial charge in [-0.05, 0) is 25.1 Å². The van der Waals surface area contributed by atoms with Crippen molar-refractivity contribution in [2.75, 3.05) is 13.7 Å². The van der Waals surface area contributed by atoms with Gasteiger partial charge in [0.15, 0.2) is 0 Å². The van der Waals surface area contributed by atoms with Crippen molar-refractivity contribution < 1.29 is 4.74 Å². The Morgan fingerprint density at radius 2 is 2.38 bits per heavy atom. The monoisotopic (exact) mass is 197 g/mol. The van der Waals surface area contributed by atoms with Crippen molar-refractivity contribution in [3.05, 3.63) is 34.3 Å². The second kappa shape index (κ2) is 3.66. The lowest BCUT2D eigenvalue weighted by Crippen LogP contribution is -2.26. The third-order valence-electron chi connectivity index (χ3n) is 2.32. The van der Waals surface area contributed by atoms with Crippen molar-refractivity contribution in [3.8, 4) is 0 Å². The molecule has 1 heterocycles. The summed E-state index contributed by atoms with van der Waals surface area (Å²) in [6, 6.07) is 5.99. The number of ether oxygens (including phenoxy) is 1. The number of benzene rings is 1. The van der Waals surface area contributed by atoms with Gasteiger partial charge in [-0.2, -0.15) is 0 Å². The maximum absolute atomic E-state index is 6.10. The molecule has 0 saturated heterocycles. The lowest BCUT2D eigenvalue weighted by Gasteiger charge is -2.26. The van der Waals surface area contributed by atoms with Gasteiger partial charge in [0.2, 0.25) is 0 Å². The second-order valence-corrected chi connectivity index (χ2v) is 3.51. The average Bonchev–Trinajstić information content (AvgIpc) is 2.17. The highest BCUT2D eigenvalue weighted by Crippen LogP contribution is 2.30. The van der Waals surface area contributed by atoms with E-state index < -0.39 is 0 Å². The molecule has 3 heteroatoms. The van der Waals surface area contributed by atoms with Crippen LogP contribution in [0.15, 0.2) is 18.2 Å². The molecule has 0 fully saturated rings. The highest BCUT2D eigenvalue weighted by molar-refractivity contribution is 6.31. The zero-order valence-electron chi connectivity index (χ0n) is 7.51. The standard InChI is InChI=1S/C10H12ClNO/c1-12-10-9-7(5-6-13-10)3-2-4-8(9)11/h2-4,10,12H,5-6H2,1H3. The van der Waals surface area contributed by atoms with Gasteiger partial charge >= 0.3 is 0 Å². The quantitative estimate of drug-likeness (QED) is 0.745. The molecule has 0 radical (unpaired) electrons. The van der Waals surface area contributed by atoms with Gasteiger partial charge in [-0.3, -0.25) is 5.32 Å². The van der Waals surface area contributed by atoms with Gasteiger partial charge in [-0.25, -0.2) is 0 Å². The summed E-state index contributed by atoms with van der Waals surface area (Å²) in [5, 5.41) is 3.88. The highest BCUT2D eigenvalue weighted by Gasteiger charge is 2.21. The van der Waals surface area contributed by atoms with E-state index in [9.17, 15) is 0 Å². The first kappa shape index (κ1) is 9.00. The minimum absolute atomic E-state index is 0.0440. The molecule has 2 nitrogen and oxygen atoms in total. The Bertz CT molecular complexity index is 314. The van der Waals surface area contributed by atoms with Crippen LogP contribution >= 0.6 is 11.6 Å². The first-order chi connectivity index (χ1) is 6.33. The molecule has 0 spiro atoms.